The van der Waals surface area contributed by atoms with Crippen LogP contribution in [0.4, 0.5) is 5.69 Å². The third-order valence-corrected chi connectivity index (χ3v) is 7.38. The second kappa shape index (κ2) is 8.80. The molecule has 3 heterocycles. The molecule has 1 atom stereocenters. The molecule has 0 fully saturated rings. The highest BCUT2D eigenvalue weighted by molar-refractivity contribution is 8.00. The van der Waals surface area contributed by atoms with Crippen molar-refractivity contribution in [1.82, 2.24) is 14.8 Å². The van der Waals surface area contributed by atoms with Crippen molar-refractivity contribution in [1.29, 1.82) is 0 Å². The summed E-state index contributed by atoms with van der Waals surface area (Å²) in [6.07, 6.45) is 0.888. The van der Waals surface area contributed by atoms with Crippen LogP contribution in [-0.2, 0) is 11.2 Å². The van der Waals surface area contributed by atoms with Crippen molar-refractivity contribution in [2.75, 3.05) is 18.6 Å². The quantitative estimate of drug-likeness (QED) is 0.374. The van der Waals surface area contributed by atoms with Crippen LogP contribution in [0.2, 0.25) is 0 Å². The molecule has 0 aliphatic carbocycles. The normalized spacial score (nSPS) is 13.8. The maximum atomic E-state index is 13.3. The van der Waals surface area contributed by atoms with E-state index in [4.69, 9.17) is 4.74 Å². The van der Waals surface area contributed by atoms with E-state index in [1.54, 1.807) is 18.4 Å². The number of thioether (sulfide) groups is 1. The molecule has 0 saturated carbocycles. The molecule has 32 heavy (non-hydrogen) atoms. The highest BCUT2D eigenvalue weighted by atomic mass is 32.2. The number of hydrogen-bond acceptors (Lipinski definition) is 6. The summed E-state index contributed by atoms with van der Waals surface area (Å²) in [4.78, 5) is 16.2. The van der Waals surface area contributed by atoms with Gasteiger partial charge in [-0.1, -0.05) is 48.2 Å². The number of carbonyl (C=O) groups excluding carboxylic acids is 1. The molecule has 0 spiro atoms. The fourth-order valence-corrected chi connectivity index (χ4v) is 5.56. The number of carbonyl (C=O) groups is 1. The summed E-state index contributed by atoms with van der Waals surface area (Å²) < 4.78 is 7.60. The summed E-state index contributed by atoms with van der Waals surface area (Å²) in [7, 11) is 1.65. The lowest BCUT2D eigenvalue weighted by Gasteiger charge is -2.21. The molecular weight excluding hydrogens is 440 g/mol. The molecule has 0 N–H and O–H groups in total. The Morgan fingerprint density at radius 2 is 1.84 bits per heavy atom. The first-order chi connectivity index (χ1) is 15.7. The molecule has 0 bridgehead atoms. The molecule has 1 aliphatic heterocycles. The number of nitrogens with zero attached hydrogens (tertiary/aromatic N) is 4. The maximum Gasteiger partial charge on any atom is 0.240 e. The third-order valence-electron chi connectivity index (χ3n) is 5.48. The van der Waals surface area contributed by atoms with Crippen LogP contribution in [0.1, 0.15) is 12.5 Å². The van der Waals surface area contributed by atoms with Crippen LogP contribution in [-0.4, -0.2) is 39.6 Å². The van der Waals surface area contributed by atoms with Gasteiger partial charge in [0.25, 0.3) is 0 Å². The predicted octanol–water partition coefficient (Wildman–Crippen LogP) is 5.07. The number of anilines is 1. The second-order valence-electron chi connectivity index (χ2n) is 7.42. The Hall–Kier alpha value is -3.10. The van der Waals surface area contributed by atoms with Crippen molar-refractivity contribution < 1.29 is 9.53 Å². The van der Waals surface area contributed by atoms with E-state index in [0.717, 1.165) is 34.2 Å². The van der Waals surface area contributed by atoms with E-state index in [2.05, 4.69) is 16.3 Å². The molecule has 1 amide bonds. The minimum absolute atomic E-state index is 0.0761. The lowest BCUT2D eigenvalue weighted by Crippen LogP contribution is -2.35. The summed E-state index contributed by atoms with van der Waals surface area (Å²) in [5, 5.41) is 11.3. The van der Waals surface area contributed by atoms with Crippen molar-refractivity contribution in [2.24, 2.45) is 0 Å². The van der Waals surface area contributed by atoms with E-state index in [-0.39, 0.29) is 11.2 Å². The number of fused-ring (bicyclic) bond motifs is 1. The zero-order valence-corrected chi connectivity index (χ0v) is 19.4. The third kappa shape index (κ3) is 3.69. The Labute approximate surface area is 194 Å². The molecule has 1 aliphatic rings. The lowest BCUT2D eigenvalue weighted by molar-refractivity contribution is -0.117. The van der Waals surface area contributed by atoms with Gasteiger partial charge in [-0.2, -0.15) is 0 Å². The van der Waals surface area contributed by atoms with Gasteiger partial charge < -0.3 is 9.64 Å². The Morgan fingerprint density at radius 1 is 1.06 bits per heavy atom. The fraction of sp³-hybridized carbons (Fsp3) is 0.208. The molecule has 2 aromatic carbocycles. The maximum absolute atomic E-state index is 13.3. The average molecular weight is 463 g/mol. The van der Waals surface area contributed by atoms with Gasteiger partial charge in [-0.15, -0.1) is 21.5 Å². The van der Waals surface area contributed by atoms with Crippen molar-refractivity contribution >= 4 is 34.7 Å². The number of amides is 1. The number of benzene rings is 2. The van der Waals surface area contributed by atoms with Crippen molar-refractivity contribution in [2.45, 2.75) is 23.8 Å². The summed E-state index contributed by atoms with van der Waals surface area (Å²) >= 11 is 3.02. The van der Waals surface area contributed by atoms with Crippen molar-refractivity contribution in [3.05, 3.63) is 71.6 Å². The largest absolute Gasteiger partial charge is 0.495 e. The van der Waals surface area contributed by atoms with Crippen LogP contribution in [0.15, 0.2) is 71.2 Å². The van der Waals surface area contributed by atoms with Crippen LogP contribution in [0.25, 0.3) is 16.4 Å². The van der Waals surface area contributed by atoms with Gasteiger partial charge in [0.1, 0.15) is 5.75 Å². The molecule has 2 aromatic heterocycles. The molecule has 0 unspecified atom stereocenters. The van der Waals surface area contributed by atoms with E-state index in [9.17, 15) is 4.79 Å². The molecule has 0 saturated heterocycles. The first kappa shape index (κ1) is 20.8. The number of methoxy groups -OCH3 is 1. The Morgan fingerprint density at radius 3 is 2.62 bits per heavy atom. The van der Waals surface area contributed by atoms with Crippen molar-refractivity contribution in [3.63, 3.8) is 0 Å². The van der Waals surface area contributed by atoms with Gasteiger partial charge in [0.15, 0.2) is 11.0 Å². The predicted molar refractivity (Wildman–Crippen MR) is 129 cm³/mol. The topological polar surface area (TPSA) is 60.2 Å². The Kier molecular flexibility index (Phi) is 5.71. The van der Waals surface area contributed by atoms with Crippen LogP contribution in [0.3, 0.4) is 0 Å². The van der Waals surface area contributed by atoms with E-state index in [1.165, 1.54) is 17.3 Å². The summed E-state index contributed by atoms with van der Waals surface area (Å²) in [5.41, 5.74) is 3.07. The first-order valence-electron chi connectivity index (χ1n) is 10.4. The Balaban J connectivity index is 1.50. The highest BCUT2D eigenvalue weighted by Crippen LogP contribution is 2.36. The number of ether oxygens (including phenoxy) is 1. The van der Waals surface area contributed by atoms with Crippen LogP contribution in [0, 0.1) is 0 Å². The fourth-order valence-electron chi connectivity index (χ4n) is 3.94. The SMILES string of the molecule is COc1ccccc1-n1c(S[C@@H](C)C(=O)N2CCc3ccccc32)nnc1-c1cccs1. The second-order valence-corrected chi connectivity index (χ2v) is 9.68. The lowest BCUT2D eigenvalue weighted by atomic mass is 10.2. The zero-order chi connectivity index (χ0) is 22.1. The van der Waals surface area contributed by atoms with Crippen LogP contribution < -0.4 is 9.64 Å². The van der Waals surface area contributed by atoms with Gasteiger partial charge in [0.2, 0.25) is 5.91 Å². The van der Waals surface area contributed by atoms with E-state index in [0.29, 0.717) is 11.7 Å². The first-order valence-corrected chi connectivity index (χ1v) is 12.1. The molecule has 4 aromatic rings. The summed E-state index contributed by atoms with van der Waals surface area (Å²) in [6, 6.07) is 19.9. The zero-order valence-electron chi connectivity index (χ0n) is 17.8. The average Bonchev–Trinajstić information content (AvgIpc) is 3.58. The highest BCUT2D eigenvalue weighted by Gasteiger charge is 2.30. The molecule has 6 nitrogen and oxygen atoms in total. The van der Waals surface area contributed by atoms with Gasteiger partial charge in [0, 0.05) is 12.2 Å². The van der Waals surface area contributed by atoms with Crippen LogP contribution in [0.5, 0.6) is 5.75 Å². The van der Waals surface area contributed by atoms with E-state index >= 15 is 0 Å². The number of para-hydroxylation sites is 3. The molecular formula is C24H22N4O2S2. The standard InChI is InChI=1S/C24H22N4O2S2/c1-16(23(29)27-14-13-17-8-3-4-9-18(17)27)32-24-26-25-22(21-12-7-15-31-21)28(24)19-10-5-6-11-20(19)30-2/h3-12,15-16H,13-14H2,1-2H3/t16-/m0/s1. The van der Waals surface area contributed by atoms with Crippen molar-refractivity contribution in [3.8, 4) is 22.1 Å². The van der Waals surface area contributed by atoms with Gasteiger partial charge in [-0.05, 0) is 48.6 Å². The Bertz CT molecular complexity index is 1250. The minimum atomic E-state index is -0.324. The smallest absolute Gasteiger partial charge is 0.240 e. The number of thiophene rings is 1. The number of hydrogen-bond donors (Lipinski definition) is 0. The van der Waals surface area contributed by atoms with Crippen LogP contribution >= 0.6 is 23.1 Å². The van der Waals surface area contributed by atoms with E-state index in [1.807, 2.05) is 76.4 Å². The minimum Gasteiger partial charge on any atom is -0.495 e. The molecule has 8 heteroatoms. The number of aromatic nitrogens is 3. The van der Waals surface area contributed by atoms with Gasteiger partial charge >= 0.3 is 0 Å². The molecule has 162 valence electrons. The number of rotatable bonds is 6. The van der Waals surface area contributed by atoms with Gasteiger partial charge in [0.05, 0.1) is 22.9 Å². The molecule has 5 rings (SSSR count). The summed E-state index contributed by atoms with van der Waals surface area (Å²) in [6.45, 7) is 2.64. The monoisotopic (exact) mass is 462 g/mol. The van der Waals surface area contributed by atoms with Gasteiger partial charge in [-0.25, -0.2) is 0 Å². The van der Waals surface area contributed by atoms with Gasteiger partial charge in [-0.3, -0.25) is 9.36 Å². The molecule has 0 radical (unpaired) electrons. The summed E-state index contributed by atoms with van der Waals surface area (Å²) in [5.74, 6) is 1.53. The van der Waals surface area contributed by atoms with E-state index < -0.39 is 0 Å².